The van der Waals surface area contributed by atoms with Crippen LogP contribution in [0.4, 0.5) is 0 Å². The van der Waals surface area contributed by atoms with E-state index < -0.39 is 12.1 Å². The van der Waals surface area contributed by atoms with Gasteiger partial charge in [-0.1, -0.05) is 353 Å². The summed E-state index contributed by atoms with van der Waals surface area (Å²) in [4.78, 5) is 24.6. The van der Waals surface area contributed by atoms with Gasteiger partial charge >= 0.3 is 5.97 Å². The molecule has 0 saturated heterocycles. The van der Waals surface area contributed by atoms with Gasteiger partial charge in [-0.2, -0.15) is 0 Å². The minimum atomic E-state index is -0.663. The zero-order valence-corrected chi connectivity index (χ0v) is 55.0. The highest BCUT2D eigenvalue weighted by Crippen LogP contribution is 2.19. The van der Waals surface area contributed by atoms with Crippen LogP contribution in [0.2, 0.25) is 0 Å². The minimum absolute atomic E-state index is 0.00875. The summed E-state index contributed by atoms with van der Waals surface area (Å²) in [5.74, 6) is -0.0189. The molecule has 0 heterocycles. The molecule has 2 unspecified atom stereocenters. The number of allylic oxidation sites excluding steroid dienone is 4. The lowest BCUT2D eigenvalue weighted by Crippen LogP contribution is -2.45. The lowest BCUT2D eigenvalue weighted by Gasteiger charge is -2.22. The first-order valence-electron chi connectivity index (χ1n) is 37.1. The molecule has 0 saturated carbocycles. The summed E-state index contributed by atoms with van der Waals surface area (Å²) in [6, 6.07) is -0.540. The summed E-state index contributed by atoms with van der Waals surface area (Å²) in [6.07, 6.45) is 89.6. The summed E-state index contributed by atoms with van der Waals surface area (Å²) >= 11 is 0. The second-order valence-corrected chi connectivity index (χ2v) is 25.6. The molecule has 0 aliphatic carbocycles. The number of aliphatic hydroxyl groups is 2. The monoisotopic (exact) mass is 1140 g/mol. The molecule has 1 amide bonds. The van der Waals surface area contributed by atoms with Gasteiger partial charge in [0.05, 0.1) is 25.4 Å². The summed E-state index contributed by atoms with van der Waals surface area (Å²) in [5.41, 5.74) is 0. The lowest BCUT2D eigenvalue weighted by atomic mass is 10.0. The molecule has 0 bridgehead atoms. The van der Waals surface area contributed by atoms with Gasteiger partial charge in [-0.15, -0.1) is 0 Å². The van der Waals surface area contributed by atoms with E-state index in [9.17, 15) is 19.8 Å². The third-order valence-corrected chi connectivity index (χ3v) is 17.5. The van der Waals surface area contributed by atoms with Crippen molar-refractivity contribution in [2.75, 3.05) is 13.2 Å². The van der Waals surface area contributed by atoms with Crippen LogP contribution in [0.3, 0.4) is 0 Å². The summed E-state index contributed by atoms with van der Waals surface area (Å²) in [5, 5.41) is 23.4. The van der Waals surface area contributed by atoms with E-state index in [0.717, 1.165) is 44.9 Å². The Bertz CT molecular complexity index is 1270. The molecule has 480 valence electrons. The van der Waals surface area contributed by atoms with Crippen molar-refractivity contribution >= 4 is 11.9 Å². The first-order chi connectivity index (χ1) is 40.0. The van der Waals surface area contributed by atoms with Gasteiger partial charge in [-0.05, 0) is 77.0 Å². The van der Waals surface area contributed by atoms with E-state index in [4.69, 9.17) is 4.74 Å². The zero-order chi connectivity index (χ0) is 58.5. The minimum Gasteiger partial charge on any atom is -0.466 e. The fourth-order valence-electron chi connectivity index (χ4n) is 11.8. The van der Waals surface area contributed by atoms with E-state index in [0.29, 0.717) is 25.9 Å². The first-order valence-corrected chi connectivity index (χ1v) is 37.1. The van der Waals surface area contributed by atoms with Crippen LogP contribution in [0.5, 0.6) is 0 Å². The second-order valence-electron chi connectivity index (χ2n) is 25.6. The maximum atomic E-state index is 12.5. The van der Waals surface area contributed by atoms with E-state index in [1.165, 1.54) is 340 Å². The Morgan fingerprint density at radius 2 is 0.580 bits per heavy atom. The third kappa shape index (κ3) is 67.3. The maximum absolute atomic E-state index is 12.5. The van der Waals surface area contributed by atoms with Crippen molar-refractivity contribution in [3.63, 3.8) is 0 Å². The van der Waals surface area contributed by atoms with Gasteiger partial charge < -0.3 is 20.3 Å². The largest absolute Gasteiger partial charge is 0.466 e. The quantitative estimate of drug-likeness (QED) is 0.0320. The highest BCUT2D eigenvalue weighted by Gasteiger charge is 2.20. The Kier molecular flexibility index (Phi) is 69.4. The summed E-state index contributed by atoms with van der Waals surface area (Å²) < 4.78 is 5.48. The molecule has 6 nitrogen and oxygen atoms in total. The topological polar surface area (TPSA) is 95.9 Å². The van der Waals surface area contributed by atoms with Gasteiger partial charge in [-0.3, -0.25) is 9.59 Å². The molecular weight excluding hydrogens is 995 g/mol. The number of nitrogens with one attached hydrogen (secondary N) is 1. The Balaban J connectivity index is 3.36. The van der Waals surface area contributed by atoms with Gasteiger partial charge in [0, 0.05) is 12.8 Å². The normalized spacial score (nSPS) is 12.6. The molecule has 0 aliphatic rings. The lowest BCUT2D eigenvalue weighted by molar-refractivity contribution is -0.143. The predicted molar refractivity (Wildman–Crippen MR) is 356 cm³/mol. The SMILES string of the molecule is CCCCC/C=C\CCCCCCCC(=O)OCCCCCCCCCCCCCC/C=C\CCCCCCCCCCCCCCCCCCC(=O)NC(CO)C(O)CCCCCCCCCCCCCCCCCCCCCC. The van der Waals surface area contributed by atoms with Crippen LogP contribution >= 0.6 is 0 Å². The Hall–Kier alpha value is -1.66. The highest BCUT2D eigenvalue weighted by molar-refractivity contribution is 5.76. The Morgan fingerprint density at radius 3 is 0.901 bits per heavy atom. The second kappa shape index (κ2) is 70.8. The van der Waals surface area contributed by atoms with Crippen molar-refractivity contribution in [3.05, 3.63) is 24.3 Å². The van der Waals surface area contributed by atoms with Crippen molar-refractivity contribution in [3.8, 4) is 0 Å². The first kappa shape index (κ1) is 79.3. The van der Waals surface area contributed by atoms with E-state index in [2.05, 4.69) is 43.5 Å². The molecule has 0 spiro atoms. The third-order valence-electron chi connectivity index (χ3n) is 17.5. The maximum Gasteiger partial charge on any atom is 0.305 e. The van der Waals surface area contributed by atoms with Gasteiger partial charge in [0.15, 0.2) is 0 Å². The van der Waals surface area contributed by atoms with Crippen molar-refractivity contribution < 1.29 is 24.5 Å². The molecular formula is C75H145NO5. The fraction of sp³-hybridized carbons (Fsp3) is 0.920. The van der Waals surface area contributed by atoms with Gasteiger partial charge in [0.1, 0.15) is 0 Å². The van der Waals surface area contributed by atoms with Crippen molar-refractivity contribution in [2.24, 2.45) is 0 Å². The molecule has 81 heavy (non-hydrogen) atoms. The van der Waals surface area contributed by atoms with E-state index in [1.54, 1.807) is 0 Å². The standard InChI is InChI=1S/C75H145NO5/c1-3-5-7-9-11-13-15-17-18-19-20-35-38-41-44-47-51-55-59-63-67-73(78)72(71-77)76-74(79)68-64-60-56-52-48-45-42-39-36-33-31-29-27-25-23-21-22-24-26-28-30-32-34-37-40-43-46-50-54-58-62-66-70-81-75(80)69-65-61-57-53-49-16-14-12-10-8-6-4-2/h12,14,24,26,72-73,77-78H,3-11,13,15-23,25,27-71H2,1-2H3,(H,76,79)/b14-12-,26-24-. The number of carbonyl (C=O) groups excluding carboxylic acids is 2. The molecule has 0 aromatic heterocycles. The smallest absolute Gasteiger partial charge is 0.305 e. The zero-order valence-electron chi connectivity index (χ0n) is 55.0. The number of ether oxygens (including phenoxy) is 1. The molecule has 0 radical (unpaired) electrons. The fourth-order valence-corrected chi connectivity index (χ4v) is 11.8. The summed E-state index contributed by atoms with van der Waals surface area (Å²) in [7, 11) is 0. The van der Waals surface area contributed by atoms with Crippen LogP contribution in [0.1, 0.15) is 418 Å². The number of aliphatic hydroxyl groups excluding tert-OH is 2. The molecule has 0 aliphatic heterocycles. The molecule has 3 N–H and O–H groups in total. The molecule has 6 heteroatoms. The molecule has 0 aromatic rings. The highest BCUT2D eigenvalue weighted by atomic mass is 16.5. The molecule has 0 fully saturated rings. The number of esters is 1. The number of hydrogen-bond acceptors (Lipinski definition) is 5. The molecule has 2 atom stereocenters. The van der Waals surface area contributed by atoms with Crippen LogP contribution in [0, 0.1) is 0 Å². The average Bonchev–Trinajstić information content (AvgIpc) is 3.47. The number of carbonyl (C=O) groups is 2. The number of rotatable bonds is 70. The number of amides is 1. The van der Waals surface area contributed by atoms with Gasteiger partial charge in [-0.25, -0.2) is 0 Å². The van der Waals surface area contributed by atoms with Crippen molar-refractivity contribution in [1.29, 1.82) is 0 Å². The van der Waals surface area contributed by atoms with Gasteiger partial charge in [0.25, 0.3) is 0 Å². The van der Waals surface area contributed by atoms with Crippen LogP contribution in [-0.2, 0) is 14.3 Å². The van der Waals surface area contributed by atoms with Crippen LogP contribution in [0.15, 0.2) is 24.3 Å². The van der Waals surface area contributed by atoms with E-state index >= 15 is 0 Å². The van der Waals surface area contributed by atoms with E-state index in [-0.39, 0.29) is 18.5 Å². The number of unbranched alkanes of at least 4 members (excludes halogenated alkanes) is 55. The van der Waals surface area contributed by atoms with Crippen LogP contribution < -0.4 is 5.32 Å². The Labute approximate surface area is 507 Å². The van der Waals surface area contributed by atoms with E-state index in [1.807, 2.05) is 0 Å². The van der Waals surface area contributed by atoms with Crippen LogP contribution in [-0.4, -0.2) is 47.4 Å². The van der Waals surface area contributed by atoms with Gasteiger partial charge in [0.2, 0.25) is 5.91 Å². The Morgan fingerprint density at radius 1 is 0.333 bits per heavy atom. The van der Waals surface area contributed by atoms with Crippen LogP contribution in [0.25, 0.3) is 0 Å². The average molecular weight is 1140 g/mol. The van der Waals surface area contributed by atoms with Crippen molar-refractivity contribution in [2.45, 2.75) is 431 Å². The summed E-state index contributed by atoms with van der Waals surface area (Å²) in [6.45, 7) is 4.97. The predicted octanol–water partition coefficient (Wildman–Crippen LogP) is 24.1. The molecule has 0 aromatic carbocycles. The molecule has 0 rings (SSSR count). The number of hydrogen-bond donors (Lipinski definition) is 3. The van der Waals surface area contributed by atoms with Crippen molar-refractivity contribution in [1.82, 2.24) is 5.32 Å².